The Hall–Kier alpha value is -1.96. The van der Waals surface area contributed by atoms with Crippen molar-refractivity contribution in [2.75, 3.05) is 20.5 Å². The molecule has 188 valence electrons. The minimum absolute atomic E-state index is 0.00968. The molecule has 2 aromatic carbocycles. The molecule has 0 bridgehead atoms. The van der Waals surface area contributed by atoms with Gasteiger partial charge >= 0.3 is 0 Å². The van der Waals surface area contributed by atoms with Crippen molar-refractivity contribution in [2.45, 2.75) is 65.3 Å². The molecular weight excluding hydrogens is 432 g/mol. The topological polar surface area (TPSA) is 66.4 Å². The van der Waals surface area contributed by atoms with Gasteiger partial charge in [0.25, 0.3) is 0 Å². The smallest absolute Gasteiger partial charge is 0.184 e. The largest absolute Gasteiger partial charge is 0.497 e. The van der Waals surface area contributed by atoms with Crippen LogP contribution in [0.15, 0.2) is 54.6 Å². The molecule has 6 nitrogen and oxygen atoms in total. The third-order valence-corrected chi connectivity index (χ3v) is 6.82. The minimum Gasteiger partial charge on any atom is -0.497 e. The maximum atomic E-state index is 9.87. The monoisotopic (exact) mass is 472 g/mol. The van der Waals surface area contributed by atoms with Crippen LogP contribution in [-0.2, 0) is 25.6 Å². The highest BCUT2D eigenvalue weighted by molar-refractivity contribution is 5.28. The number of aliphatic hydroxyl groups is 1. The molecule has 0 aromatic heterocycles. The summed E-state index contributed by atoms with van der Waals surface area (Å²) in [5, 5.41) is 9.87. The lowest BCUT2D eigenvalue weighted by molar-refractivity contribution is -0.298. The van der Waals surface area contributed by atoms with E-state index in [-0.39, 0.29) is 49.5 Å². The van der Waals surface area contributed by atoms with E-state index in [9.17, 15) is 5.11 Å². The summed E-state index contributed by atoms with van der Waals surface area (Å²) in [4.78, 5) is 0. The van der Waals surface area contributed by atoms with E-state index in [0.717, 1.165) is 23.3 Å². The second-order valence-corrected chi connectivity index (χ2v) is 9.25. The molecule has 3 rings (SSSR count). The van der Waals surface area contributed by atoms with Gasteiger partial charge in [0.2, 0.25) is 0 Å². The second kappa shape index (κ2) is 13.2. The number of benzene rings is 2. The predicted molar refractivity (Wildman–Crippen MR) is 131 cm³/mol. The van der Waals surface area contributed by atoms with Gasteiger partial charge in [0.15, 0.2) is 6.29 Å². The predicted octanol–water partition coefficient (Wildman–Crippen LogP) is 5.35. The first-order chi connectivity index (χ1) is 16.5. The Morgan fingerprint density at radius 2 is 1.65 bits per heavy atom. The molecule has 1 saturated heterocycles. The molecule has 0 saturated carbocycles. The van der Waals surface area contributed by atoms with Crippen LogP contribution >= 0.6 is 0 Å². The van der Waals surface area contributed by atoms with Crippen LogP contribution in [0.25, 0.3) is 0 Å². The number of ether oxygens (including phenoxy) is 5. The molecule has 1 aliphatic rings. The quantitative estimate of drug-likeness (QED) is 0.332. The summed E-state index contributed by atoms with van der Waals surface area (Å²) in [6, 6.07) is 17.8. The molecule has 0 amide bonds. The van der Waals surface area contributed by atoms with Crippen LogP contribution in [0.5, 0.6) is 5.75 Å². The highest BCUT2D eigenvalue weighted by Crippen LogP contribution is 2.40. The second-order valence-electron chi connectivity index (χ2n) is 9.25. The minimum atomic E-state index is -0.514. The van der Waals surface area contributed by atoms with Crippen LogP contribution in [0.2, 0.25) is 0 Å². The van der Waals surface area contributed by atoms with Gasteiger partial charge < -0.3 is 28.8 Å². The van der Waals surface area contributed by atoms with E-state index in [4.69, 9.17) is 23.7 Å². The van der Waals surface area contributed by atoms with Gasteiger partial charge in [-0.15, -0.1) is 0 Å². The molecular formula is C28H40O6. The molecule has 2 aromatic rings. The van der Waals surface area contributed by atoms with E-state index in [1.54, 1.807) is 7.11 Å². The Labute approximate surface area is 204 Å². The SMILES string of the molecule is CC[C@@H](OCOCc1ccccc1)[C@H](C)[C@@H]1O[C@H](c2ccc(OC)cc2)O[C@H]([C@H](C)CO)[C@@H]1C. The van der Waals surface area contributed by atoms with Gasteiger partial charge in [-0.2, -0.15) is 0 Å². The Balaban J connectivity index is 1.68. The van der Waals surface area contributed by atoms with Crippen molar-refractivity contribution in [3.8, 4) is 5.75 Å². The fraction of sp³-hybridized carbons (Fsp3) is 0.571. The number of hydrogen-bond acceptors (Lipinski definition) is 6. The first-order valence-corrected chi connectivity index (χ1v) is 12.3. The lowest BCUT2D eigenvalue weighted by atomic mass is 9.80. The van der Waals surface area contributed by atoms with E-state index in [2.05, 4.69) is 20.8 Å². The molecule has 1 aliphatic heterocycles. The Bertz CT molecular complexity index is 827. The summed E-state index contributed by atoms with van der Waals surface area (Å²) in [7, 11) is 1.65. The highest BCUT2D eigenvalue weighted by atomic mass is 16.7. The van der Waals surface area contributed by atoms with Gasteiger partial charge in [0.05, 0.1) is 32.0 Å². The van der Waals surface area contributed by atoms with Crippen LogP contribution in [-0.4, -0.2) is 43.9 Å². The first-order valence-electron chi connectivity index (χ1n) is 12.3. The molecule has 0 aliphatic carbocycles. The summed E-state index contributed by atoms with van der Waals surface area (Å²) >= 11 is 0. The van der Waals surface area contributed by atoms with Gasteiger partial charge in [-0.05, 0) is 24.1 Å². The van der Waals surface area contributed by atoms with E-state index in [1.807, 2.05) is 61.5 Å². The van der Waals surface area contributed by atoms with Crippen molar-refractivity contribution in [1.29, 1.82) is 0 Å². The fourth-order valence-electron chi connectivity index (χ4n) is 4.75. The average molecular weight is 473 g/mol. The number of hydrogen-bond donors (Lipinski definition) is 1. The van der Waals surface area contributed by atoms with Gasteiger partial charge in [-0.1, -0.05) is 70.2 Å². The summed E-state index contributed by atoms with van der Waals surface area (Å²) < 4.78 is 30.1. The Kier molecular flexibility index (Phi) is 10.4. The first kappa shape index (κ1) is 26.6. The molecule has 0 radical (unpaired) electrons. The average Bonchev–Trinajstić information content (AvgIpc) is 2.88. The zero-order valence-electron chi connectivity index (χ0n) is 21.1. The van der Waals surface area contributed by atoms with Gasteiger partial charge in [-0.25, -0.2) is 0 Å². The van der Waals surface area contributed by atoms with E-state index >= 15 is 0 Å². The van der Waals surface area contributed by atoms with Crippen LogP contribution in [0.4, 0.5) is 0 Å². The maximum absolute atomic E-state index is 9.87. The molecule has 0 spiro atoms. The standard InChI is InChI=1S/C28H40O6/c1-6-25(32-18-31-17-22-10-8-7-9-11-22)20(3)27-21(4)26(19(2)16-29)33-28(34-27)23-12-14-24(30-5)15-13-23/h7-15,19-21,25-29H,6,16-18H2,1-5H3/t19-,20+,21+,25-,26-,27+,28-/m1/s1. The van der Waals surface area contributed by atoms with Crippen LogP contribution in [0.1, 0.15) is 51.5 Å². The summed E-state index contributed by atoms with van der Waals surface area (Å²) in [6.07, 6.45) is 0.0730. The summed E-state index contributed by atoms with van der Waals surface area (Å²) in [6.45, 7) is 9.26. The van der Waals surface area contributed by atoms with Crippen molar-refractivity contribution in [1.82, 2.24) is 0 Å². The number of rotatable bonds is 12. The van der Waals surface area contributed by atoms with Crippen molar-refractivity contribution >= 4 is 0 Å². The molecule has 34 heavy (non-hydrogen) atoms. The lowest BCUT2D eigenvalue weighted by Gasteiger charge is -2.46. The van der Waals surface area contributed by atoms with E-state index < -0.39 is 6.29 Å². The van der Waals surface area contributed by atoms with Gasteiger partial charge in [0.1, 0.15) is 12.5 Å². The fourth-order valence-corrected chi connectivity index (χ4v) is 4.75. The number of methoxy groups -OCH3 is 1. The van der Waals surface area contributed by atoms with E-state index in [0.29, 0.717) is 6.61 Å². The van der Waals surface area contributed by atoms with Crippen LogP contribution in [0.3, 0.4) is 0 Å². The van der Waals surface area contributed by atoms with Crippen LogP contribution in [0, 0.1) is 17.8 Å². The molecule has 1 N–H and O–H groups in total. The van der Waals surface area contributed by atoms with Crippen molar-refractivity contribution in [3.05, 3.63) is 65.7 Å². The maximum Gasteiger partial charge on any atom is 0.184 e. The molecule has 0 unspecified atom stereocenters. The Morgan fingerprint density at radius 3 is 2.26 bits per heavy atom. The Morgan fingerprint density at radius 1 is 0.971 bits per heavy atom. The van der Waals surface area contributed by atoms with E-state index in [1.165, 1.54) is 0 Å². The summed E-state index contributed by atoms with van der Waals surface area (Å²) in [5.74, 6) is 0.977. The normalized spacial score (nSPS) is 25.5. The third-order valence-electron chi connectivity index (χ3n) is 6.82. The molecule has 1 fully saturated rings. The van der Waals surface area contributed by atoms with Crippen LogP contribution < -0.4 is 4.74 Å². The number of aliphatic hydroxyl groups excluding tert-OH is 1. The molecule has 6 heteroatoms. The molecule has 1 heterocycles. The van der Waals surface area contributed by atoms with Crippen molar-refractivity contribution in [3.63, 3.8) is 0 Å². The highest BCUT2D eigenvalue weighted by Gasteiger charge is 2.43. The zero-order chi connectivity index (χ0) is 24.5. The molecule has 7 atom stereocenters. The van der Waals surface area contributed by atoms with Gasteiger partial charge in [0, 0.05) is 29.9 Å². The van der Waals surface area contributed by atoms with Crippen molar-refractivity contribution in [2.24, 2.45) is 17.8 Å². The third kappa shape index (κ3) is 6.80. The van der Waals surface area contributed by atoms with Crippen molar-refractivity contribution < 1.29 is 28.8 Å². The zero-order valence-corrected chi connectivity index (χ0v) is 21.1. The lowest BCUT2D eigenvalue weighted by Crippen LogP contribution is -2.50. The summed E-state index contributed by atoms with van der Waals surface area (Å²) in [5.41, 5.74) is 2.05. The van der Waals surface area contributed by atoms with Gasteiger partial charge in [-0.3, -0.25) is 0 Å².